The number of ether oxygens (including phenoxy) is 1. The lowest BCUT2D eigenvalue weighted by Crippen LogP contribution is -2.30. The van der Waals surface area contributed by atoms with Crippen LogP contribution in [0.1, 0.15) is 50.8 Å². The Balaban J connectivity index is 1.52. The molecule has 2 aliphatic rings. The lowest BCUT2D eigenvalue weighted by molar-refractivity contribution is -0.113. The van der Waals surface area contributed by atoms with Crippen LogP contribution in [0.3, 0.4) is 0 Å². The fourth-order valence-corrected chi connectivity index (χ4v) is 6.06. The number of methoxy groups -OCH3 is 1. The summed E-state index contributed by atoms with van der Waals surface area (Å²) in [5.74, 6) is 0.846. The van der Waals surface area contributed by atoms with Gasteiger partial charge in [-0.15, -0.1) is 11.8 Å². The van der Waals surface area contributed by atoms with Crippen LogP contribution in [-0.4, -0.2) is 33.6 Å². The summed E-state index contributed by atoms with van der Waals surface area (Å²) in [6, 6.07) is 7.43. The van der Waals surface area contributed by atoms with E-state index in [9.17, 15) is 9.59 Å². The molecule has 1 aromatic carbocycles. The Morgan fingerprint density at radius 3 is 2.70 bits per heavy atom. The van der Waals surface area contributed by atoms with E-state index >= 15 is 0 Å². The van der Waals surface area contributed by atoms with Crippen molar-refractivity contribution in [2.45, 2.75) is 66.8 Å². The molecule has 1 unspecified atom stereocenters. The van der Waals surface area contributed by atoms with Gasteiger partial charge in [0.25, 0.3) is 5.56 Å². The number of nitrogens with one attached hydrogen (secondary N) is 1. The molecule has 0 bridgehead atoms. The Bertz CT molecular complexity index is 969. The predicted octanol–water partition coefficient (Wildman–Crippen LogP) is 4.52. The summed E-state index contributed by atoms with van der Waals surface area (Å²) in [5.41, 5.74) is 1.69. The van der Waals surface area contributed by atoms with Gasteiger partial charge in [-0.3, -0.25) is 14.2 Å². The highest BCUT2D eigenvalue weighted by Crippen LogP contribution is 2.37. The average molecular weight is 446 g/mol. The van der Waals surface area contributed by atoms with Crippen LogP contribution in [0.2, 0.25) is 0 Å². The Morgan fingerprint density at radius 2 is 2.00 bits per heavy atom. The number of benzene rings is 1. The highest BCUT2D eigenvalue weighted by molar-refractivity contribution is 8.00. The zero-order valence-electron chi connectivity index (χ0n) is 17.3. The van der Waals surface area contributed by atoms with E-state index < -0.39 is 0 Å². The number of fused-ring (bicyclic) bond motifs is 1. The standard InChI is InChI=1S/C22H27N3O3S2/c1-14-12-18-20(30-14)21(27)25(16-6-4-3-5-7-16)22(24-18)29-13-19(26)23-15-8-10-17(28-2)11-9-15/h8-11,14,16H,3-7,12-13H2,1-2H3,(H,23,26). The molecule has 0 radical (unpaired) electrons. The maximum Gasteiger partial charge on any atom is 0.268 e. The number of nitrogens with zero attached hydrogens (tertiary/aromatic N) is 2. The van der Waals surface area contributed by atoms with Crippen LogP contribution < -0.4 is 15.6 Å². The smallest absolute Gasteiger partial charge is 0.268 e. The molecule has 1 aliphatic carbocycles. The molecule has 1 aliphatic heterocycles. The van der Waals surface area contributed by atoms with Crippen LogP contribution in [-0.2, 0) is 11.2 Å². The van der Waals surface area contributed by atoms with Crippen molar-refractivity contribution in [1.29, 1.82) is 0 Å². The molecule has 0 spiro atoms. The first kappa shape index (κ1) is 21.3. The second kappa shape index (κ2) is 9.47. The molecular formula is C22H27N3O3S2. The number of aromatic nitrogens is 2. The van der Waals surface area contributed by atoms with E-state index in [0.29, 0.717) is 10.4 Å². The van der Waals surface area contributed by atoms with Crippen molar-refractivity contribution < 1.29 is 9.53 Å². The molecule has 1 fully saturated rings. The van der Waals surface area contributed by atoms with E-state index in [0.717, 1.165) is 54.1 Å². The van der Waals surface area contributed by atoms with Gasteiger partial charge < -0.3 is 10.1 Å². The van der Waals surface area contributed by atoms with Gasteiger partial charge in [-0.2, -0.15) is 0 Å². The molecule has 8 heteroatoms. The van der Waals surface area contributed by atoms with Crippen molar-refractivity contribution >= 4 is 35.1 Å². The number of hydrogen-bond acceptors (Lipinski definition) is 6. The van der Waals surface area contributed by atoms with Gasteiger partial charge in [-0.25, -0.2) is 4.98 Å². The third-order valence-corrected chi connectivity index (χ3v) is 7.73. The maximum absolute atomic E-state index is 13.3. The SMILES string of the molecule is COc1ccc(NC(=O)CSc2nc3c(c(=O)n2C2CCCCC2)SC(C)C3)cc1. The molecule has 2 aromatic rings. The normalized spacial score (nSPS) is 18.8. The van der Waals surface area contributed by atoms with Gasteiger partial charge in [0.05, 0.1) is 23.5 Å². The molecule has 1 saturated carbocycles. The van der Waals surface area contributed by atoms with Gasteiger partial charge in [0.15, 0.2) is 5.16 Å². The quantitative estimate of drug-likeness (QED) is 0.520. The fourth-order valence-electron chi connectivity index (χ4n) is 4.08. The monoisotopic (exact) mass is 445 g/mol. The Labute approximate surface area is 185 Å². The van der Waals surface area contributed by atoms with Crippen LogP contribution in [0, 0.1) is 0 Å². The van der Waals surface area contributed by atoms with Gasteiger partial charge in [-0.05, 0) is 37.1 Å². The number of thioether (sulfide) groups is 2. The molecule has 1 N–H and O–H groups in total. The van der Waals surface area contributed by atoms with Crippen LogP contribution in [0.5, 0.6) is 5.75 Å². The molecule has 0 saturated heterocycles. The Morgan fingerprint density at radius 1 is 1.27 bits per heavy atom. The summed E-state index contributed by atoms with van der Waals surface area (Å²) in [4.78, 5) is 31.5. The van der Waals surface area contributed by atoms with Crippen molar-refractivity contribution in [3.8, 4) is 5.75 Å². The molecule has 30 heavy (non-hydrogen) atoms. The third kappa shape index (κ3) is 4.70. The zero-order valence-corrected chi connectivity index (χ0v) is 19.0. The molecule has 1 atom stereocenters. The highest BCUT2D eigenvalue weighted by atomic mass is 32.2. The van der Waals surface area contributed by atoms with E-state index in [2.05, 4.69) is 12.2 Å². The molecule has 160 valence electrons. The summed E-state index contributed by atoms with van der Waals surface area (Å²) < 4.78 is 7.03. The van der Waals surface area contributed by atoms with Crippen molar-refractivity contribution in [3.05, 3.63) is 40.3 Å². The summed E-state index contributed by atoms with van der Waals surface area (Å²) in [5, 5.41) is 3.96. The van der Waals surface area contributed by atoms with Gasteiger partial charge in [0.1, 0.15) is 5.75 Å². The number of amides is 1. The summed E-state index contributed by atoms with van der Waals surface area (Å²) in [6.45, 7) is 2.13. The minimum absolute atomic E-state index is 0.0827. The summed E-state index contributed by atoms with van der Waals surface area (Å²) in [6.07, 6.45) is 6.33. The van der Waals surface area contributed by atoms with E-state index in [4.69, 9.17) is 9.72 Å². The first-order valence-electron chi connectivity index (χ1n) is 10.4. The van der Waals surface area contributed by atoms with Crippen molar-refractivity contribution in [2.24, 2.45) is 0 Å². The van der Waals surface area contributed by atoms with E-state index in [1.807, 2.05) is 28.8 Å². The molecule has 1 amide bonds. The van der Waals surface area contributed by atoms with Crippen molar-refractivity contribution in [3.63, 3.8) is 0 Å². The first-order chi connectivity index (χ1) is 14.5. The second-order valence-corrected chi connectivity index (χ2v) is 10.2. The fraction of sp³-hybridized carbons (Fsp3) is 0.500. The maximum atomic E-state index is 13.3. The first-order valence-corrected chi connectivity index (χ1v) is 12.3. The van der Waals surface area contributed by atoms with Gasteiger partial charge in [0, 0.05) is 23.4 Å². The second-order valence-electron chi connectivity index (χ2n) is 7.84. The van der Waals surface area contributed by atoms with Crippen molar-refractivity contribution in [1.82, 2.24) is 9.55 Å². The van der Waals surface area contributed by atoms with Gasteiger partial charge >= 0.3 is 0 Å². The number of carbonyl (C=O) groups is 1. The number of hydrogen-bond donors (Lipinski definition) is 1. The van der Waals surface area contributed by atoms with Crippen LogP contribution in [0.4, 0.5) is 5.69 Å². The molecule has 2 heterocycles. The summed E-state index contributed by atoms with van der Waals surface area (Å²) in [7, 11) is 1.61. The van der Waals surface area contributed by atoms with E-state index in [-0.39, 0.29) is 23.3 Å². The average Bonchev–Trinajstić information content (AvgIpc) is 3.14. The lowest BCUT2D eigenvalue weighted by atomic mass is 9.95. The van der Waals surface area contributed by atoms with Gasteiger partial charge in [0.2, 0.25) is 5.91 Å². The van der Waals surface area contributed by atoms with Crippen molar-refractivity contribution in [2.75, 3.05) is 18.2 Å². The van der Waals surface area contributed by atoms with E-state index in [1.165, 1.54) is 18.2 Å². The number of carbonyl (C=O) groups excluding carboxylic acids is 1. The molecule has 6 nitrogen and oxygen atoms in total. The molecule has 1 aromatic heterocycles. The molecule has 4 rings (SSSR count). The highest BCUT2D eigenvalue weighted by Gasteiger charge is 2.29. The molecular weight excluding hydrogens is 418 g/mol. The predicted molar refractivity (Wildman–Crippen MR) is 122 cm³/mol. The topological polar surface area (TPSA) is 73.2 Å². The van der Waals surface area contributed by atoms with Crippen LogP contribution in [0.15, 0.2) is 39.1 Å². The largest absolute Gasteiger partial charge is 0.497 e. The van der Waals surface area contributed by atoms with Crippen LogP contribution >= 0.6 is 23.5 Å². The Hall–Kier alpha value is -1.93. The number of rotatable bonds is 6. The Kier molecular flexibility index (Phi) is 6.73. The van der Waals surface area contributed by atoms with Gasteiger partial charge in [-0.1, -0.05) is 37.9 Å². The van der Waals surface area contributed by atoms with E-state index in [1.54, 1.807) is 18.9 Å². The zero-order chi connectivity index (χ0) is 21.1. The minimum Gasteiger partial charge on any atom is -0.497 e. The third-order valence-electron chi connectivity index (χ3n) is 5.56. The summed E-state index contributed by atoms with van der Waals surface area (Å²) >= 11 is 3.00. The number of anilines is 1. The minimum atomic E-state index is -0.113. The lowest BCUT2D eigenvalue weighted by Gasteiger charge is -2.26. The van der Waals surface area contributed by atoms with Crippen LogP contribution in [0.25, 0.3) is 0 Å².